The maximum atomic E-state index is 13.2. The van der Waals surface area contributed by atoms with Crippen molar-refractivity contribution in [3.05, 3.63) is 66.2 Å². The van der Waals surface area contributed by atoms with Crippen LogP contribution in [0.5, 0.6) is 5.75 Å². The number of hydrogen-bond acceptors (Lipinski definition) is 7. The lowest BCUT2D eigenvalue weighted by Crippen LogP contribution is -2.36. The zero-order valence-electron chi connectivity index (χ0n) is 16.6. The highest BCUT2D eigenvalue weighted by Gasteiger charge is 2.50. The molecule has 2 saturated heterocycles. The van der Waals surface area contributed by atoms with Crippen LogP contribution in [0, 0.1) is 11.8 Å². The number of rotatable bonds is 4. The highest BCUT2D eigenvalue weighted by atomic mass is 16.5. The predicted octanol–water partition coefficient (Wildman–Crippen LogP) is 2.61. The lowest BCUT2D eigenvalue weighted by atomic mass is 9.89. The molecule has 1 amide bonds. The Hall–Kier alpha value is -3.55. The minimum Gasteiger partial charge on any atom is -0.497 e. The van der Waals surface area contributed by atoms with Gasteiger partial charge in [-0.1, -0.05) is 12.1 Å². The minimum atomic E-state index is -0.0815. The van der Waals surface area contributed by atoms with E-state index in [-0.39, 0.29) is 17.9 Å². The van der Waals surface area contributed by atoms with Gasteiger partial charge < -0.3 is 24.7 Å². The molecule has 4 heterocycles. The molecule has 2 fully saturated rings. The van der Waals surface area contributed by atoms with Crippen molar-refractivity contribution >= 4 is 17.7 Å². The molecule has 3 aromatic rings. The van der Waals surface area contributed by atoms with Crippen LogP contribution in [0.3, 0.4) is 0 Å². The monoisotopic (exact) mass is 405 g/mol. The molecule has 2 aromatic heterocycles. The van der Waals surface area contributed by atoms with Gasteiger partial charge in [0.05, 0.1) is 19.4 Å². The number of furan rings is 1. The average Bonchev–Trinajstić information content (AvgIpc) is 3.49. The van der Waals surface area contributed by atoms with Crippen molar-refractivity contribution in [1.29, 1.82) is 0 Å². The summed E-state index contributed by atoms with van der Waals surface area (Å²) in [6.45, 7) is 2.19. The maximum Gasteiger partial charge on any atom is 0.290 e. The van der Waals surface area contributed by atoms with Crippen LogP contribution in [0.4, 0.5) is 11.8 Å². The molecule has 0 saturated carbocycles. The van der Waals surface area contributed by atoms with Gasteiger partial charge in [0.2, 0.25) is 5.95 Å². The number of carbonyl (C=O) groups is 1. The van der Waals surface area contributed by atoms with Crippen molar-refractivity contribution in [1.82, 2.24) is 14.9 Å². The van der Waals surface area contributed by atoms with Crippen LogP contribution >= 0.6 is 0 Å². The summed E-state index contributed by atoms with van der Waals surface area (Å²) in [4.78, 5) is 26.1. The number of fused-ring (bicyclic) bond motifs is 1. The van der Waals surface area contributed by atoms with Gasteiger partial charge in [0.15, 0.2) is 5.76 Å². The summed E-state index contributed by atoms with van der Waals surface area (Å²) >= 11 is 0. The number of nitrogen functional groups attached to an aromatic ring is 1. The van der Waals surface area contributed by atoms with E-state index in [0.29, 0.717) is 30.0 Å². The van der Waals surface area contributed by atoms with E-state index in [9.17, 15) is 4.79 Å². The SMILES string of the molecule is COc1ccc([C@H]2[C@H]3CN(c4nccc(N)n4)C[C@H]3CN2C(=O)c2ccco2)cc1. The molecule has 2 aliphatic heterocycles. The second-order valence-corrected chi connectivity index (χ2v) is 7.76. The fraction of sp³-hybridized carbons (Fsp3) is 0.318. The van der Waals surface area contributed by atoms with Crippen LogP contribution in [0.15, 0.2) is 59.3 Å². The highest BCUT2D eigenvalue weighted by Crippen LogP contribution is 2.46. The Morgan fingerprint density at radius 3 is 2.70 bits per heavy atom. The first kappa shape index (κ1) is 18.5. The zero-order valence-corrected chi connectivity index (χ0v) is 16.6. The molecule has 2 N–H and O–H groups in total. The van der Waals surface area contributed by atoms with Gasteiger partial charge in [0.1, 0.15) is 11.6 Å². The topological polar surface area (TPSA) is 97.7 Å². The first-order chi connectivity index (χ1) is 14.6. The molecule has 0 spiro atoms. The number of likely N-dealkylation sites (tertiary alicyclic amines) is 1. The molecule has 8 heteroatoms. The van der Waals surface area contributed by atoms with Crippen molar-refractivity contribution in [3.8, 4) is 5.75 Å². The molecular weight excluding hydrogens is 382 g/mol. The van der Waals surface area contributed by atoms with E-state index in [4.69, 9.17) is 14.9 Å². The third-order valence-electron chi connectivity index (χ3n) is 6.06. The van der Waals surface area contributed by atoms with Crippen molar-refractivity contribution in [2.75, 3.05) is 37.4 Å². The van der Waals surface area contributed by atoms with Crippen molar-refractivity contribution in [2.45, 2.75) is 6.04 Å². The molecule has 5 rings (SSSR count). The number of methoxy groups -OCH3 is 1. The van der Waals surface area contributed by atoms with Crippen molar-refractivity contribution < 1.29 is 13.9 Å². The van der Waals surface area contributed by atoms with Gasteiger partial charge in [-0.05, 0) is 35.9 Å². The molecule has 0 radical (unpaired) electrons. The highest BCUT2D eigenvalue weighted by molar-refractivity contribution is 5.92. The molecule has 8 nitrogen and oxygen atoms in total. The summed E-state index contributed by atoms with van der Waals surface area (Å²) in [6.07, 6.45) is 3.21. The number of ether oxygens (including phenoxy) is 1. The van der Waals surface area contributed by atoms with E-state index in [1.54, 1.807) is 31.5 Å². The molecule has 30 heavy (non-hydrogen) atoms. The largest absolute Gasteiger partial charge is 0.497 e. The van der Waals surface area contributed by atoms with E-state index in [2.05, 4.69) is 14.9 Å². The summed E-state index contributed by atoms with van der Waals surface area (Å²) in [5.74, 6) is 2.73. The summed E-state index contributed by atoms with van der Waals surface area (Å²) in [5.41, 5.74) is 6.93. The van der Waals surface area contributed by atoms with Gasteiger partial charge in [0.25, 0.3) is 5.91 Å². The third-order valence-corrected chi connectivity index (χ3v) is 6.06. The molecule has 0 unspecified atom stereocenters. The summed E-state index contributed by atoms with van der Waals surface area (Å²) in [7, 11) is 1.65. The fourth-order valence-electron chi connectivity index (χ4n) is 4.70. The number of nitrogens with two attached hydrogens (primary N) is 1. The maximum absolute atomic E-state index is 13.2. The Morgan fingerprint density at radius 1 is 1.17 bits per heavy atom. The molecule has 3 atom stereocenters. The number of amides is 1. The molecule has 2 aliphatic rings. The number of nitrogens with zero attached hydrogens (tertiary/aromatic N) is 4. The Morgan fingerprint density at radius 2 is 2.00 bits per heavy atom. The summed E-state index contributed by atoms with van der Waals surface area (Å²) in [5, 5.41) is 0. The van der Waals surface area contributed by atoms with Gasteiger partial charge in [-0.2, -0.15) is 4.98 Å². The van der Waals surface area contributed by atoms with Gasteiger partial charge in [-0.15, -0.1) is 0 Å². The van der Waals surface area contributed by atoms with Crippen LogP contribution in [-0.2, 0) is 0 Å². The Kier molecular flexibility index (Phi) is 4.54. The first-order valence-corrected chi connectivity index (χ1v) is 9.96. The average molecular weight is 405 g/mol. The Bertz CT molecular complexity index is 1040. The Balaban J connectivity index is 1.47. The van der Waals surface area contributed by atoms with Gasteiger partial charge in [-0.25, -0.2) is 4.98 Å². The van der Waals surface area contributed by atoms with Crippen LogP contribution in [-0.4, -0.2) is 47.5 Å². The fourth-order valence-corrected chi connectivity index (χ4v) is 4.70. The van der Waals surface area contributed by atoms with Gasteiger partial charge in [0, 0.05) is 37.7 Å². The second-order valence-electron chi connectivity index (χ2n) is 7.76. The molecular formula is C22H23N5O3. The molecule has 0 bridgehead atoms. The normalized spacial score (nSPS) is 22.9. The first-order valence-electron chi connectivity index (χ1n) is 9.96. The van der Waals surface area contributed by atoms with E-state index in [1.165, 1.54) is 6.26 Å². The number of benzene rings is 1. The van der Waals surface area contributed by atoms with Crippen LogP contribution in [0.1, 0.15) is 22.2 Å². The standard InChI is InChI=1S/C22H23N5O3/c1-29-16-6-4-14(5-7-16)20-17-13-26(22-24-9-8-19(23)25-22)11-15(17)12-27(20)21(28)18-3-2-10-30-18/h2-10,15,17,20H,11-13H2,1H3,(H2,23,24,25)/t15-,17-,20-/m0/s1. The zero-order chi connectivity index (χ0) is 20.7. The minimum absolute atomic E-state index is 0.0652. The van der Waals surface area contributed by atoms with Crippen LogP contribution in [0.2, 0.25) is 0 Å². The molecule has 154 valence electrons. The summed E-state index contributed by atoms with van der Waals surface area (Å²) in [6, 6.07) is 13.0. The summed E-state index contributed by atoms with van der Waals surface area (Å²) < 4.78 is 10.7. The van der Waals surface area contributed by atoms with Crippen LogP contribution in [0.25, 0.3) is 0 Å². The van der Waals surface area contributed by atoms with Crippen molar-refractivity contribution in [2.24, 2.45) is 11.8 Å². The lowest BCUT2D eigenvalue weighted by Gasteiger charge is -2.29. The van der Waals surface area contributed by atoms with Gasteiger partial charge in [-0.3, -0.25) is 4.79 Å². The van der Waals surface area contributed by atoms with E-state index in [0.717, 1.165) is 24.4 Å². The molecule has 0 aliphatic carbocycles. The lowest BCUT2D eigenvalue weighted by molar-refractivity contribution is 0.0683. The number of hydrogen-bond donors (Lipinski definition) is 1. The smallest absolute Gasteiger partial charge is 0.290 e. The Labute approximate surface area is 174 Å². The van der Waals surface area contributed by atoms with E-state index in [1.807, 2.05) is 29.2 Å². The number of aromatic nitrogens is 2. The van der Waals surface area contributed by atoms with E-state index < -0.39 is 0 Å². The third kappa shape index (κ3) is 3.14. The predicted molar refractivity (Wildman–Crippen MR) is 111 cm³/mol. The van der Waals surface area contributed by atoms with E-state index >= 15 is 0 Å². The number of carbonyl (C=O) groups excluding carboxylic acids is 1. The van der Waals surface area contributed by atoms with Crippen molar-refractivity contribution in [3.63, 3.8) is 0 Å². The second kappa shape index (κ2) is 7.37. The molecule has 1 aromatic carbocycles. The quantitative estimate of drug-likeness (QED) is 0.712. The van der Waals surface area contributed by atoms with Gasteiger partial charge >= 0.3 is 0 Å². The number of anilines is 2. The van der Waals surface area contributed by atoms with Crippen LogP contribution < -0.4 is 15.4 Å².